The molecule has 0 spiro atoms. The van der Waals surface area contributed by atoms with Gasteiger partial charge in [0.15, 0.2) is 0 Å². The maximum absolute atomic E-state index is 11.9. The second kappa shape index (κ2) is 7.78. The molecule has 0 bridgehead atoms. The molecule has 3 rings (SSSR count). The van der Waals surface area contributed by atoms with Crippen LogP contribution >= 0.6 is 11.8 Å². The number of carbonyl (C=O) groups excluding carboxylic acids is 1. The van der Waals surface area contributed by atoms with Gasteiger partial charge in [-0.15, -0.1) is 11.8 Å². The second-order valence-electron chi connectivity index (χ2n) is 5.10. The number of rotatable bonds is 7. The Kier molecular flexibility index (Phi) is 5.27. The molecule has 2 heterocycles. The summed E-state index contributed by atoms with van der Waals surface area (Å²) >= 11 is 1.65. The summed E-state index contributed by atoms with van der Waals surface area (Å²) in [5.74, 6) is 1.52. The molecule has 0 saturated carbocycles. The molecule has 0 atom stereocenters. The smallest absolute Gasteiger partial charge is 0.246 e. The molecule has 0 aliphatic rings. The van der Waals surface area contributed by atoms with Crippen LogP contribution in [0.2, 0.25) is 0 Å². The average Bonchev–Trinajstić information content (AvgIpc) is 3.23. The van der Waals surface area contributed by atoms with Crippen molar-refractivity contribution in [1.82, 2.24) is 25.2 Å². The average molecular weight is 343 g/mol. The van der Waals surface area contributed by atoms with E-state index >= 15 is 0 Å². The number of hydrogen-bond donors (Lipinski definition) is 1. The molecule has 0 unspecified atom stereocenters. The molecular weight excluding hydrogens is 326 g/mol. The van der Waals surface area contributed by atoms with Crippen molar-refractivity contribution in [3.05, 3.63) is 48.6 Å². The number of hydrogen-bond acceptors (Lipinski definition) is 6. The highest BCUT2D eigenvalue weighted by Gasteiger charge is 2.11. The Morgan fingerprint density at radius 2 is 2.17 bits per heavy atom. The van der Waals surface area contributed by atoms with Crippen LogP contribution in [0.5, 0.6) is 0 Å². The Morgan fingerprint density at radius 3 is 2.92 bits per heavy atom. The van der Waals surface area contributed by atoms with Crippen molar-refractivity contribution in [3.8, 4) is 11.4 Å². The fourth-order valence-electron chi connectivity index (χ4n) is 2.02. The second-order valence-corrected chi connectivity index (χ2v) is 6.27. The van der Waals surface area contributed by atoms with Gasteiger partial charge in [-0.05, 0) is 12.1 Å². The van der Waals surface area contributed by atoms with Crippen LogP contribution in [-0.2, 0) is 18.4 Å². The Labute approximate surface area is 143 Å². The van der Waals surface area contributed by atoms with E-state index in [1.807, 2.05) is 37.4 Å². The van der Waals surface area contributed by atoms with Gasteiger partial charge in [-0.1, -0.05) is 23.4 Å². The van der Waals surface area contributed by atoms with Gasteiger partial charge in [0.2, 0.25) is 17.6 Å². The van der Waals surface area contributed by atoms with Crippen molar-refractivity contribution in [2.75, 3.05) is 5.75 Å². The number of benzene rings is 1. The van der Waals surface area contributed by atoms with Crippen molar-refractivity contribution >= 4 is 17.7 Å². The molecule has 2 aromatic heterocycles. The zero-order chi connectivity index (χ0) is 16.8. The van der Waals surface area contributed by atoms with Gasteiger partial charge in [0.25, 0.3) is 0 Å². The lowest BCUT2D eigenvalue weighted by Gasteiger charge is -2.02. The van der Waals surface area contributed by atoms with Gasteiger partial charge in [-0.25, -0.2) is 0 Å². The zero-order valence-electron chi connectivity index (χ0n) is 13.2. The number of aryl methyl sites for hydroxylation is 1. The van der Waals surface area contributed by atoms with E-state index in [9.17, 15) is 4.79 Å². The topological polar surface area (TPSA) is 85.8 Å². The highest BCUT2D eigenvalue weighted by atomic mass is 32.2. The molecule has 24 heavy (non-hydrogen) atoms. The lowest BCUT2D eigenvalue weighted by atomic mass is 10.3. The Bertz CT molecular complexity index is 800. The van der Waals surface area contributed by atoms with Crippen LogP contribution in [0.15, 0.2) is 52.1 Å². The van der Waals surface area contributed by atoms with Gasteiger partial charge in [-0.3, -0.25) is 9.48 Å². The monoisotopic (exact) mass is 343 g/mol. The van der Waals surface area contributed by atoms with Gasteiger partial charge < -0.3 is 9.84 Å². The normalized spacial score (nSPS) is 10.7. The first-order valence-corrected chi connectivity index (χ1v) is 8.45. The number of thioether (sulfide) groups is 1. The molecule has 0 fully saturated rings. The minimum Gasteiger partial charge on any atom is -0.347 e. The maximum Gasteiger partial charge on any atom is 0.246 e. The van der Waals surface area contributed by atoms with E-state index in [0.717, 1.165) is 16.2 Å². The molecule has 8 heteroatoms. The summed E-state index contributed by atoms with van der Waals surface area (Å²) in [6, 6.07) is 10.00. The van der Waals surface area contributed by atoms with E-state index in [1.54, 1.807) is 28.8 Å². The fraction of sp³-hybridized carbons (Fsp3) is 0.250. The first-order valence-electron chi connectivity index (χ1n) is 7.47. The minimum absolute atomic E-state index is 0.0421. The lowest BCUT2D eigenvalue weighted by Crippen LogP contribution is -2.23. The maximum atomic E-state index is 11.9. The summed E-state index contributed by atoms with van der Waals surface area (Å²) in [5.41, 5.74) is 0.776. The summed E-state index contributed by atoms with van der Waals surface area (Å²) < 4.78 is 6.80. The zero-order valence-corrected chi connectivity index (χ0v) is 14.0. The van der Waals surface area contributed by atoms with Gasteiger partial charge in [-0.2, -0.15) is 10.1 Å². The molecule has 0 aliphatic heterocycles. The van der Waals surface area contributed by atoms with Crippen molar-refractivity contribution in [2.24, 2.45) is 7.05 Å². The summed E-state index contributed by atoms with van der Waals surface area (Å²) in [7, 11) is 1.82. The number of nitrogens with zero attached hydrogens (tertiary/aromatic N) is 4. The summed E-state index contributed by atoms with van der Waals surface area (Å²) in [4.78, 5) is 17.3. The van der Waals surface area contributed by atoms with Crippen LogP contribution in [0.4, 0.5) is 0 Å². The molecule has 124 valence electrons. The predicted molar refractivity (Wildman–Crippen MR) is 90.1 cm³/mol. The molecule has 0 radical (unpaired) electrons. The fourth-order valence-corrected chi connectivity index (χ4v) is 2.89. The molecule has 3 aromatic rings. The van der Waals surface area contributed by atoms with Gasteiger partial charge >= 0.3 is 0 Å². The quantitative estimate of drug-likeness (QED) is 0.662. The Morgan fingerprint density at radius 1 is 1.33 bits per heavy atom. The third kappa shape index (κ3) is 4.45. The van der Waals surface area contributed by atoms with E-state index < -0.39 is 0 Å². The van der Waals surface area contributed by atoms with E-state index in [1.165, 1.54) is 0 Å². The van der Waals surface area contributed by atoms with Crippen LogP contribution < -0.4 is 5.32 Å². The van der Waals surface area contributed by atoms with Crippen molar-refractivity contribution in [2.45, 2.75) is 17.9 Å². The first-order chi connectivity index (χ1) is 11.7. The molecule has 7 nitrogen and oxygen atoms in total. The third-order valence-corrected chi connectivity index (χ3v) is 4.22. The summed E-state index contributed by atoms with van der Waals surface area (Å²) in [5, 5.41) is 10.7. The number of amides is 1. The van der Waals surface area contributed by atoms with Gasteiger partial charge in [0, 0.05) is 30.3 Å². The SMILES string of the molecule is Cn1cc(-c2noc(CNC(=O)CCSc3ccccc3)n2)cn1. The molecule has 1 amide bonds. The van der Waals surface area contributed by atoms with Gasteiger partial charge in [0.1, 0.15) is 0 Å². The highest BCUT2D eigenvalue weighted by Crippen LogP contribution is 2.17. The van der Waals surface area contributed by atoms with Crippen LogP contribution in [0.1, 0.15) is 12.3 Å². The summed E-state index contributed by atoms with van der Waals surface area (Å²) in [6.45, 7) is 0.224. The van der Waals surface area contributed by atoms with E-state index in [2.05, 4.69) is 20.6 Å². The standard InChI is InChI=1S/C16H17N5O2S/c1-21-11-12(9-18-21)16-19-15(23-20-16)10-17-14(22)7-8-24-13-5-3-2-4-6-13/h2-6,9,11H,7-8,10H2,1H3,(H,17,22). The van der Waals surface area contributed by atoms with Crippen LogP contribution in [-0.4, -0.2) is 31.6 Å². The third-order valence-electron chi connectivity index (χ3n) is 3.21. The van der Waals surface area contributed by atoms with Crippen molar-refractivity contribution in [1.29, 1.82) is 0 Å². The van der Waals surface area contributed by atoms with Crippen LogP contribution in [0, 0.1) is 0 Å². The molecule has 1 N–H and O–H groups in total. The van der Waals surface area contributed by atoms with Crippen molar-refractivity contribution in [3.63, 3.8) is 0 Å². The predicted octanol–water partition coefficient (Wildman–Crippen LogP) is 2.27. The lowest BCUT2D eigenvalue weighted by molar-refractivity contribution is -0.120. The van der Waals surface area contributed by atoms with E-state index in [-0.39, 0.29) is 12.5 Å². The van der Waals surface area contributed by atoms with E-state index in [4.69, 9.17) is 4.52 Å². The molecular formula is C16H17N5O2S. The molecule has 0 saturated heterocycles. The first kappa shape index (κ1) is 16.3. The molecule has 1 aromatic carbocycles. The minimum atomic E-state index is -0.0421. The van der Waals surface area contributed by atoms with E-state index in [0.29, 0.717) is 18.1 Å². The number of aromatic nitrogens is 4. The van der Waals surface area contributed by atoms with Crippen molar-refractivity contribution < 1.29 is 9.32 Å². The Hall–Kier alpha value is -2.61. The van der Waals surface area contributed by atoms with Gasteiger partial charge in [0.05, 0.1) is 18.3 Å². The Balaban J connectivity index is 1.42. The summed E-state index contributed by atoms with van der Waals surface area (Å²) in [6.07, 6.45) is 3.89. The molecule has 0 aliphatic carbocycles. The van der Waals surface area contributed by atoms with Crippen LogP contribution in [0.25, 0.3) is 11.4 Å². The highest BCUT2D eigenvalue weighted by molar-refractivity contribution is 7.99. The van der Waals surface area contributed by atoms with Crippen LogP contribution in [0.3, 0.4) is 0 Å². The number of carbonyl (C=O) groups is 1. The number of nitrogens with one attached hydrogen (secondary N) is 1. The largest absolute Gasteiger partial charge is 0.347 e.